The van der Waals surface area contributed by atoms with E-state index in [-0.39, 0.29) is 5.92 Å². The molecular formula is C13H17N3O. The first kappa shape index (κ1) is 11.8. The van der Waals surface area contributed by atoms with Crippen LogP contribution in [0.5, 0.6) is 0 Å². The fourth-order valence-electron chi connectivity index (χ4n) is 1.66. The van der Waals surface area contributed by atoms with E-state index in [2.05, 4.69) is 34.6 Å². The molecule has 0 aliphatic rings. The van der Waals surface area contributed by atoms with Crippen LogP contribution < -0.4 is 5.32 Å². The summed E-state index contributed by atoms with van der Waals surface area (Å²) in [6.45, 7) is 2.92. The summed E-state index contributed by atoms with van der Waals surface area (Å²) < 4.78 is 5.64. The van der Waals surface area contributed by atoms with Crippen LogP contribution in [0.1, 0.15) is 30.2 Å². The topological polar surface area (TPSA) is 51.0 Å². The van der Waals surface area contributed by atoms with Gasteiger partial charge in [0.05, 0.1) is 5.92 Å². The van der Waals surface area contributed by atoms with Gasteiger partial charge in [0.1, 0.15) is 0 Å². The van der Waals surface area contributed by atoms with Crippen molar-refractivity contribution in [2.24, 2.45) is 0 Å². The number of nitrogens with zero attached hydrogens (tertiary/aromatic N) is 2. The van der Waals surface area contributed by atoms with Gasteiger partial charge in [-0.1, -0.05) is 30.3 Å². The highest BCUT2D eigenvalue weighted by Crippen LogP contribution is 2.22. The quantitative estimate of drug-likeness (QED) is 0.855. The average Bonchev–Trinajstić information content (AvgIpc) is 2.85. The maximum Gasteiger partial charge on any atom is 0.223 e. The Kier molecular flexibility index (Phi) is 3.88. The summed E-state index contributed by atoms with van der Waals surface area (Å²) in [5.41, 5.74) is 1.19. The molecule has 0 bridgehead atoms. The molecule has 2 aromatic rings. The summed E-state index contributed by atoms with van der Waals surface area (Å²) in [5.74, 6) is 1.52. The molecule has 1 unspecified atom stereocenters. The lowest BCUT2D eigenvalue weighted by molar-refractivity contribution is 0.436. The summed E-state index contributed by atoms with van der Waals surface area (Å²) in [6.07, 6.45) is 0.769. The maximum atomic E-state index is 5.64. The van der Waals surface area contributed by atoms with Crippen LogP contribution in [0.25, 0.3) is 0 Å². The molecule has 0 aliphatic carbocycles. The second kappa shape index (κ2) is 5.59. The molecule has 90 valence electrons. The summed E-state index contributed by atoms with van der Waals surface area (Å²) >= 11 is 0. The minimum Gasteiger partial charge on any atom is -0.425 e. The Labute approximate surface area is 101 Å². The molecule has 0 aliphatic heterocycles. The van der Waals surface area contributed by atoms with Gasteiger partial charge in [-0.2, -0.15) is 0 Å². The number of likely N-dealkylation sites (N-methyl/N-ethyl adjacent to an activating group) is 1. The van der Waals surface area contributed by atoms with E-state index < -0.39 is 0 Å². The molecule has 0 saturated carbocycles. The zero-order valence-electron chi connectivity index (χ0n) is 10.2. The lowest BCUT2D eigenvalue weighted by Gasteiger charge is -2.05. The van der Waals surface area contributed by atoms with E-state index in [1.165, 1.54) is 5.56 Å². The molecule has 1 aromatic carbocycles. The SMILES string of the molecule is CNCCc1nnc(C(C)c2ccccc2)o1. The fraction of sp³-hybridized carbons (Fsp3) is 0.385. The second-order valence-electron chi connectivity index (χ2n) is 4.02. The van der Waals surface area contributed by atoms with Crippen LogP contribution in [0.4, 0.5) is 0 Å². The molecule has 0 saturated heterocycles. The van der Waals surface area contributed by atoms with Crippen molar-refractivity contribution in [3.63, 3.8) is 0 Å². The van der Waals surface area contributed by atoms with Gasteiger partial charge < -0.3 is 9.73 Å². The third-order valence-corrected chi connectivity index (χ3v) is 2.74. The summed E-state index contributed by atoms with van der Waals surface area (Å²) in [5, 5.41) is 11.2. The van der Waals surface area contributed by atoms with Crippen LogP contribution in [-0.4, -0.2) is 23.8 Å². The number of hydrogen-bond donors (Lipinski definition) is 1. The van der Waals surface area contributed by atoms with Crippen LogP contribution in [0.2, 0.25) is 0 Å². The largest absolute Gasteiger partial charge is 0.425 e. The lowest BCUT2D eigenvalue weighted by Crippen LogP contribution is -2.10. The lowest BCUT2D eigenvalue weighted by atomic mass is 10.0. The Hall–Kier alpha value is -1.68. The predicted octanol–water partition coefficient (Wildman–Crippen LogP) is 1.98. The number of rotatable bonds is 5. The van der Waals surface area contributed by atoms with E-state index in [1.807, 2.05) is 25.2 Å². The van der Waals surface area contributed by atoms with Gasteiger partial charge in [-0.25, -0.2) is 0 Å². The summed E-state index contributed by atoms with van der Waals surface area (Å²) in [4.78, 5) is 0. The maximum absolute atomic E-state index is 5.64. The zero-order chi connectivity index (χ0) is 12.1. The van der Waals surface area contributed by atoms with Gasteiger partial charge in [0.25, 0.3) is 0 Å². The Balaban J connectivity index is 2.09. The Morgan fingerprint density at radius 3 is 2.71 bits per heavy atom. The number of benzene rings is 1. The molecule has 2 rings (SSSR count). The monoisotopic (exact) mass is 231 g/mol. The van der Waals surface area contributed by atoms with Crippen LogP contribution >= 0.6 is 0 Å². The first-order chi connectivity index (χ1) is 8.31. The standard InChI is InChI=1S/C13H17N3O/c1-10(11-6-4-3-5-7-11)13-16-15-12(17-13)8-9-14-2/h3-7,10,14H,8-9H2,1-2H3. The highest BCUT2D eigenvalue weighted by atomic mass is 16.4. The minimum atomic E-state index is 0.145. The van der Waals surface area contributed by atoms with Crippen LogP contribution in [0.3, 0.4) is 0 Å². The molecule has 0 spiro atoms. The van der Waals surface area contributed by atoms with E-state index in [4.69, 9.17) is 4.42 Å². The Morgan fingerprint density at radius 1 is 1.24 bits per heavy atom. The van der Waals surface area contributed by atoms with Gasteiger partial charge in [0.2, 0.25) is 11.8 Å². The van der Waals surface area contributed by atoms with Crippen molar-refractivity contribution < 1.29 is 4.42 Å². The van der Waals surface area contributed by atoms with Gasteiger partial charge in [-0.15, -0.1) is 10.2 Å². The van der Waals surface area contributed by atoms with Gasteiger partial charge >= 0.3 is 0 Å². The molecule has 1 atom stereocenters. The first-order valence-electron chi connectivity index (χ1n) is 5.83. The molecule has 0 amide bonds. The number of aromatic nitrogens is 2. The minimum absolute atomic E-state index is 0.145. The first-order valence-corrected chi connectivity index (χ1v) is 5.83. The van der Waals surface area contributed by atoms with Crippen molar-refractivity contribution >= 4 is 0 Å². The van der Waals surface area contributed by atoms with Crippen molar-refractivity contribution in [2.75, 3.05) is 13.6 Å². The molecule has 0 fully saturated rings. The van der Waals surface area contributed by atoms with Crippen LogP contribution in [-0.2, 0) is 6.42 Å². The highest BCUT2D eigenvalue weighted by molar-refractivity contribution is 5.23. The van der Waals surface area contributed by atoms with Gasteiger partial charge in [-0.05, 0) is 19.5 Å². The molecule has 1 N–H and O–H groups in total. The fourth-order valence-corrected chi connectivity index (χ4v) is 1.66. The normalized spacial score (nSPS) is 12.6. The van der Waals surface area contributed by atoms with Crippen molar-refractivity contribution in [1.82, 2.24) is 15.5 Å². The Morgan fingerprint density at radius 2 is 2.00 bits per heavy atom. The van der Waals surface area contributed by atoms with Gasteiger partial charge in [0, 0.05) is 13.0 Å². The van der Waals surface area contributed by atoms with Crippen LogP contribution in [0.15, 0.2) is 34.7 Å². The summed E-state index contributed by atoms with van der Waals surface area (Å²) in [6, 6.07) is 10.2. The molecule has 17 heavy (non-hydrogen) atoms. The second-order valence-corrected chi connectivity index (χ2v) is 4.02. The Bertz CT molecular complexity index is 453. The number of nitrogens with one attached hydrogen (secondary N) is 1. The molecule has 4 heteroatoms. The zero-order valence-corrected chi connectivity index (χ0v) is 10.2. The third-order valence-electron chi connectivity index (χ3n) is 2.74. The van der Waals surface area contributed by atoms with Crippen LogP contribution in [0, 0.1) is 0 Å². The predicted molar refractivity (Wildman–Crippen MR) is 65.9 cm³/mol. The van der Waals surface area contributed by atoms with Gasteiger partial charge in [-0.3, -0.25) is 0 Å². The number of hydrogen-bond acceptors (Lipinski definition) is 4. The molecule has 1 aromatic heterocycles. The molecule has 0 radical (unpaired) electrons. The van der Waals surface area contributed by atoms with E-state index in [0.717, 1.165) is 13.0 Å². The highest BCUT2D eigenvalue weighted by Gasteiger charge is 2.15. The van der Waals surface area contributed by atoms with E-state index in [9.17, 15) is 0 Å². The van der Waals surface area contributed by atoms with E-state index >= 15 is 0 Å². The van der Waals surface area contributed by atoms with Crippen molar-refractivity contribution in [3.05, 3.63) is 47.7 Å². The third kappa shape index (κ3) is 2.91. The van der Waals surface area contributed by atoms with E-state index in [0.29, 0.717) is 11.8 Å². The molecule has 4 nitrogen and oxygen atoms in total. The van der Waals surface area contributed by atoms with Crippen molar-refractivity contribution in [3.8, 4) is 0 Å². The molecule has 1 heterocycles. The van der Waals surface area contributed by atoms with E-state index in [1.54, 1.807) is 0 Å². The van der Waals surface area contributed by atoms with Crippen molar-refractivity contribution in [1.29, 1.82) is 0 Å². The molecular weight excluding hydrogens is 214 g/mol. The smallest absolute Gasteiger partial charge is 0.223 e. The van der Waals surface area contributed by atoms with Crippen molar-refractivity contribution in [2.45, 2.75) is 19.3 Å². The van der Waals surface area contributed by atoms with Gasteiger partial charge in [0.15, 0.2) is 0 Å². The average molecular weight is 231 g/mol. The summed E-state index contributed by atoms with van der Waals surface area (Å²) in [7, 11) is 1.91.